The van der Waals surface area contributed by atoms with Crippen LogP contribution in [0.2, 0.25) is 0 Å². The third-order valence-corrected chi connectivity index (χ3v) is 2.06. The number of nitrogens with zero attached hydrogens (tertiary/aromatic N) is 2. The van der Waals surface area contributed by atoms with Crippen LogP contribution in [0.15, 0.2) is 6.20 Å². The molecule has 2 nitrogen and oxygen atoms in total. The molecule has 0 saturated carbocycles. The smallest absolute Gasteiger partial charge is 0.108 e. The van der Waals surface area contributed by atoms with Gasteiger partial charge in [-0.25, -0.2) is 4.98 Å². The Labute approximate surface area is 88.4 Å². The fourth-order valence-electron chi connectivity index (χ4n) is 1.46. The third kappa shape index (κ3) is 3.52. The summed E-state index contributed by atoms with van der Waals surface area (Å²) in [5, 5.41) is 0. The summed E-state index contributed by atoms with van der Waals surface area (Å²) >= 11 is 0. The molecule has 0 N–H and O–H groups in total. The first kappa shape index (κ1) is 13.2. The summed E-state index contributed by atoms with van der Waals surface area (Å²) in [5.41, 5.74) is 1.29. The Morgan fingerprint density at radius 2 is 1.86 bits per heavy atom. The summed E-state index contributed by atoms with van der Waals surface area (Å²) in [6.07, 6.45) is 5.45. The number of hydrogen-bond acceptors (Lipinski definition) is 1. The number of aryl methyl sites for hydroxylation is 2. The van der Waals surface area contributed by atoms with E-state index in [2.05, 4.69) is 30.3 Å². The Balaban J connectivity index is 0.000000791. The summed E-state index contributed by atoms with van der Waals surface area (Å²) < 4.78 is 2.32. The van der Waals surface area contributed by atoms with Crippen LogP contribution in [-0.4, -0.2) is 9.55 Å². The molecular formula is C12H24N2. The Morgan fingerprint density at radius 1 is 1.21 bits per heavy atom. The summed E-state index contributed by atoms with van der Waals surface area (Å²) in [4.78, 5) is 4.39. The van der Waals surface area contributed by atoms with E-state index in [1.54, 1.807) is 0 Å². The van der Waals surface area contributed by atoms with Crippen molar-refractivity contribution in [3.8, 4) is 0 Å². The predicted molar refractivity (Wildman–Crippen MR) is 62.6 cm³/mol. The van der Waals surface area contributed by atoms with Gasteiger partial charge in [-0.1, -0.05) is 27.7 Å². The lowest BCUT2D eigenvalue weighted by molar-refractivity contribution is 0.617. The number of imidazole rings is 1. The van der Waals surface area contributed by atoms with Crippen LogP contribution in [0.3, 0.4) is 0 Å². The van der Waals surface area contributed by atoms with E-state index < -0.39 is 0 Å². The fourth-order valence-corrected chi connectivity index (χ4v) is 1.46. The van der Waals surface area contributed by atoms with Gasteiger partial charge in [-0.05, 0) is 19.8 Å². The molecule has 0 saturated heterocycles. The molecule has 0 amide bonds. The summed E-state index contributed by atoms with van der Waals surface area (Å²) in [5.74, 6) is 1.25. The molecule has 0 aromatic carbocycles. The molecule has 0 unspecified atom stereocenters. The number of hydrogen-bond donors (Lipinski definition) is 0. The lowest BCUT2D eigenvalue weighted by Gasteiger charge is -2.06. The largest absolute Gasteiger partial charge is 0.332 e. The molecule has 0 spiro atoms. The SMILES string of the molecule is CC.CCCc1ncc(C)n1CCC. The molecule has 1 aromatic rings. The summed E-state index contributed by atoms with van der Waals surface area (Å²) in [6, 6.07) is 0. The Hall–Kier alpha value is -0.790. The van der Waals surface area contributed by atoms with Gasteiger partial charge in [0, 0.05) is 24.9 Å². The summed E-state index contributed by atoms with van der Waals surface area (Å²) in [6.45, 7) is 11.6. The molecule has 0 bridgehead atoms. The van der Waals surface area contributed by atoms with Crippen molar-refractivity contribution in [2.24, 2.45) is 0 Å². The highest BCUT2D eigenvalue weighted by atomic mass is 15.1. The van der Waals surface area contributed by atoms with Crippen LogP contribution >= 0.6 is 0 Å². The highest BCUT2D eigenvalue weighted by Crippen LogP contribution is 2.07. The normalized spacial score (nSPS) is 9.50. The van der Waals surface area contributed by atoms with E-state index in [4.69, 9.17) is 0 Å². The van der Waals surface area contributed by atoms with Crippen molar-refractivity contribution in [2.45, 2.75) is 60.4 Å². The minimum atomic E-state index is 1.10. The third-order valence-electron chi connectivity index (χ3n) is 2.06. The quantitative estimate of drug-likeness (QED) is 0.719. The molecule has 1 rings (SSSR count). The molecule has 0 radical (unpaired) electrons. The second-order valence-electron chi connectivity index (χ2n) is 3.22. The Kier molecular flexibility index (Phi) is 7.17. The standard InChI is InChI=1S/C10H18N2.C2H6/c1-4-6-10-11-8-9(3)12(10)7-5-2;1-2/h8H,4-7H2,1-3H3;1-2H3. The molecule has 14 heavy (non-hydrogen) atoms. The maximum absolute atomic E-state index is 4.39. The summed E-state index contributed by atoms with van der Waals surface area (Å²) in [7, 11) is 0. The van der Waals surface area contributed by atoms with Gasteiger partial charge < -0.3 is 4.57 Å². The fraction of sp³-hybridized carbons (Fsp3) is 0.750. The van der Waals surface area contributed by atoms with Crippen molar-refractivity contribution in [2.75, 3.05) is 0 Å². The lowest BCUT2D eigenvalue weighted by atomic mass is 10.3. The average molecular weight is 196 g/mol. The van der Waals surface area contributed by atoms with Crippen LogP contribution in [0.1, 0.15) is 52.1 Å². The average Bonchev–Trinajstić information content (AvgIpc) is 2.54. The van der Waals surface area contributed by atoms with Crippen LogP contribution < -0.4 is 0 Å². The van der Waals surface area contributed by atoms with Crippen molar-refractivity contribution >= 4 is 0 Å². The van der Waals surface area contributed by atoms with E-state index in [-0.39, 0.29) is 0 Å². The molecule has 0 fully saturated rings. The zero-order valence-electron chi connectivity index (χ0n) is 10.3. The highest BCUT2D eigenvalue weighted by molar-refractivity contribution is 5.03. The van der Waals surface area contributed by atoms with Crippen molar-refractivity contribution in [3.05, 3.63) is 17.7 Å². The van der Waals surface area contributed by atoms with E-state index >= 15 is 0 Å². The maximum atomic E-state index is 4.39. The predicted octanol–water partition coefficient (Wildman–Crippen LogP) is 3.58. The second kappa shape index (κ2) is 7.60. The van der Waals surface area contributed by atoms with Gasteiger partial charge in [-0.3, -0.25) is 0 Å². The van der Waals surface area contributed by atoms with Crippen LogP contribution in [0.5, 0.6) is 0 Å². The van der Waals surface area contributed by atoms with E-state index in [1.165, 1.54) is 24.4 Å². The Morgan fingerprint density at radius 3 is 2.36 bits per heavy atom. The maximum Gasteiger partial charge on any atom is 0.108 e. The minimum absolute atomic E-state index is 1.10. The van der Waals surface area contributed by atoms with Crippen LogP contribution in [0.4, 0.5) is 0 Å². The lowest BCUT2D eigenvalue weighted by Crippen LogP contribution is -2.04. The highest BCUT2D eigenvalue weighted by Gasteiger charge is 2.03. The van der Waals surface area contributed by atoms with Gasteiger partial charge in [0.2, 0.25) is 0 Å². The first-order valence-electron chi connectivity index (χ1n) is 5.80. The van der Waals surface area contributed by atoms with E-state index in [1.807, 2.05) is 20.0 Å². The van der Waals surface area contributed by atoms with E-state index in [0.717, 1.165) is 13.0 Å². The number of rotatable bonds is 4. The molecule has 2 heteroatoms. The molecule has 0 aliphatic carbocycles. The van der Waals surface area contributed by atoms with Crippen molar-refractivity contribution in [3.63, 3.8) is 0 Å². The van der Waals surface area contributed by atoms with Gasteiger partial charge in [-0.15, -0.1) is 0 Å². The first-order chi connectivity index (χ1) is 6.79. The van der Waals surface area contributed by atoms with Crippen LogP contribution in [0.25, 0.3) is 0 Å². The Bertz CT molecular complexity index is 238. The molecule has 82 valence electrons. The van der Waals surface area contributed by atoms with Crippen molar-refractivity contribution in [1.82, 2.24) is 9.55 Å². The zero-order chi connectivity index (χ0) is 11.0. The van der Waals surface area contributed by atoms with Crippen molar-refractivity contribution < 1.29 is 0 Å². The van der Waals surface area contributed by atoms with Gasteiger partial charge in [0.15, 0.2) is 0 Å². The monoisotopic (exact) mass is 196 g/mol. The molecule has 1 heterocycles. The van der Waals surface area contributed by atoms with Gasteiger partial charge in [0.1, 0.15) is 5.82 Å². The van der Waals surface area contributed by atoms with Crippen LogP contribution in [0, 0.1) is 6.92 Å². The van der Waals surface area contributed by atoms with E-state index in [0.29, 0.717) is 0 Å². The van der Waals surface area contributed by atoms with E-state index in [9.17, 15) is 0 Å². The minimum Gasteiger partial charge on any atom is -0.332 e. The van der Waals surface area contributed by atoms with Gasteiger partial charge >= 0.3 is 0 Å². The van der Waals surface area contributed by atoms with Crippen molar-refractivity contribution in [1.29, 1.82) is 0 Å². The molecule has 0 aliphatic heterocycles. The second-order valence-corrected chi connectivity index (χ2v) is 3.22. The topological polar surface area (TPSA) is 17.8 Å². The van der Waals surface area contributed by atoms with Crippen LogP contribution in [-0.2, 0) is 13.0 Å². The molecule has 0 aliphatic rings. The zero-order valence-corrected chi connectivity index (χ0v) is 10.3. The first-order valence-corrected chi connectivity index (χ1v) is 5.80. The molecule has 1 aromatic heterocycles. The number of aromatic nitrogens is 2. The molecule has 0 atom stereocenters. The van der Waals surface area contributed by atoms with Gasteiger partial charge in [-0.2, -0.15) is 0 Å². The van der Waals surface area contributed by atoms with Gasteiger partial charge in [0.25, 0.3) is 0 Å². The van der Waals surface area contributed by atoms with Gasteiger partial charge in [0.05, 0.1) is 0 Å². The molecular weight excluding hydrogens is 172 g/mol.